The molecule has 1 amide bonds. The minimum absolute atomic E-state index is 0.0482. The monoisotopic (exact) mass is 471 g/mol. The van der Waals surface area contributed by atoms with Gasteiger partial charge in [0.15, 0.2) is 0 Å². The van der Waals surface area contributed by atoms with E-state index in [1.807, 2.05) is 17.1 Å². The van der Waals surface area contributed by atoms with E-state index in [0.717, 1.165) is 30.9 Å². The van der Waals surface area contributed by atoms with E-state index < -0.39 is 5.85 Å². The highest BCUT2D eigenvalue weighted by Gasteiger charge is 2.38. The summed E-state index contributed by atoms with van der Waals surface area (Å²) >= 11 is 0. The fourth-order valence-corrected chi connectivity index (χ4v) is 5.70. The van der Waals surface area contributed by atoms with E-state index in [0.29, 0.717) is 35.3 Å². The number of carbonyl (C=O) groups is 1. The predicted octanol–water partition coefficient (Wildman–Crippen LogP) is 3.03. The van der Waals surface area contributed by atoms with E-state index in [1.54, 1.807) is 26.2 Å². The van der Waals surface area contributed by atoms with Crippen molar-refractivity contribution in [1.82, 2.24) is 15.5 Å². The number of ether oxygens (including phenoxy) is 2. The Bertz CT molecular complexity index is 992. The number of aliphatic hydroxyl groups is 1. The van der Waals surface area contributed by atoms with Crippen LogP contribution in [0.25, 0.3) is 0 Å². The summed E-state index contributed by atoms with van der Waals surface area (Å²) in [6.07, 6.45) is 6.11. The zero-order chi connectivity index (χ0) is 24.6. The van der Waals surface area contributed by atoms with Crippen molar-refractivity contribution in [2.75, 3.05) is 27.3 Å². The van der Waals surface area contributed by atoms with E-state index in [-0.39, 0.29) is 29.9 Å². The van der Waals surface area contributed by atoms with Gasteiger partial charge in [0.25, 0.3) is 0 Å². The third kappa shape index (κ3) is 4.97. The molecule has 8 heteroatoms. The van der Waals surface area contributed by atoms with Gasteiger partial charge >= 0.3 is 0 Å². The van der Waals surface area contributed by atoms with E-state index in [9.17, 15) is 15.0 Å². The molecule has 4 rings (SSSR count). The topological polar surface area (TPSA) is 103 Å². The Kier molecular flexibility index (Phi) is 6.71. The molecule has 1 aliphatic carbocycles. The number of hydrogen-bond acceptors (Lipinski definition) is 7. The molecule has 2 aliphatic heterocycles. The summed E-state index contributed by atoms with van der Waals surface area (Å²) in [6.45, 7) is 7.54. The van der Waals surface area contributed by atoms with Gasteiger partial charge in [-0.1, -0.05) is 26.0 Å². The van der Waals surface area contributed by atoms with Crippen LogP contribution in [0.5, 0.6) is 17.2 Å². The Hall–Kier alpha value is -2.87. The third-order valence-corrected chi connectivity index (χ3v) is 7.07. The Morgan fingerprint density at radius 2 is 1.85 bits per heavy atom. The average Bonchev–Trinajstić information content (AvgIpc) is 3.09. The maximum atomic E-state index is 13.6. The Balaban J connectivity index is 1.70. The minimum Gasteiger partial charge on any atom is -0.507 e. The number of nitrogens with zero attached hydrogens (tertiary/aromatic N) is 1. The van der Waals surface area contributed by atoms with Gasteiger partial charge < -0.3 is 35.2 Å². The number of amides is 1. The van der Waals surface area contributed by atoms with Crippen molar-refractivity contribution in [3.8, 4) is 17.2 Å². The van der Waals surface area contributed by atoms with Crippen LogP contribution in [0.1, 0.15) is 51.5 Å². The van der Waals surface area contributed by atoms with Crippen LogP contribution in [0.4, 0.5) is 0 Å². The van der Waals surface area contributed by atoms with Crippen molar-refractivity contribution in [3.63, 3.8) is 0 Å². The minimum atomic E-state index is -1.22. The van der Waals surface area contributed by atoms with Gasteiger partial charge in [-0.15, -0.1) is 0 Å². The number of rotatable bonds is 6. The molecule has 5 unspecified atom stereocenters. The molecule has 2 saturated heterocycles. The van der Waals surface area contributed by atoms with Crippen LogP contribution < -0.4 is 20.1 Å². The third-order valence-electron chi connectivity index (χ3n) is 7.07. The lowest BCUT2D eigenvalue weighted by atomic mass is 9.78. The van der Waals surface area contributed by atoms with E-state index in [2.05, 4.69) is 24.5 Å². The number of likely N-dealkylation sites (tertiary alicyclic amines) is 1. The van der Waals surface area contributed by atoms with E-state index in [1.165, 1.54) is 7.11 Å². The van der Waals surface area contributed by atoms with Crippen LogP contribution in [0.3, 0.4) is 0 Å². The fraction of sp³-hybridized carbons (Fsp3) is 0.577. The first-order valence-electron chi connectivity index (χ1n) is 12.0. The molecule has 1 aromatic rings. The second-order valence-electron chi connectivity index (χ2n) is 10.2. The molecule has 5 atom stereocenters. The summed E-state index contributed by atoms with van der Waals surface area (Å²) in [7, 11) is 3.09. The SMILES string of the molecule is COc1cc(O)c(C(CC(=O)N2CC(C)CC(C)C2)C2C=C3NC(C)(O)NC3=CC2)c(OC)c1. The number of phenols is 1. The van der Waals surface area contributed by atoms with Crippen LogP contribution in [-0.2, 0) is 4.79 Å². The lowest BCUT2D eigenvalue weighted by molar-refractivity contribution is -0.134. The molecule has 2 fully saturated rings. The van der Waals surface area contributed by atoms with Gasteiger partial charge in [-0.25, -0.2) is 0 Å². The molecule has 1 aromatic carbocycles. The quantitative estimate of drug-likeness (QED) is 0.506. The number of nitrogens with one attached hydrogen (secondary N) is 2. The average molecular weight is 472 g/mol. The number of aromatic hydroxyl groups is 1. The molecule has 0 spiro atoms. The van der Waals surface area contributed by atoms with Crippen molar-refractivity contribution >= 4 is 5.91 Å². The Morgan fingerprint density at radius 3 is 2.50 bits per heavy atom. The number of benzene rings is 1. The van der Waals surface area contributed by atoms with Crippen LogP contribution in [0, 0.1) is 17.8 Å². The van der Waals surface area contributed by atoms with Gasteiger partial charge in [0.05, 0.1) is 25.6 Å². The predicted molar refractivity (Wildman–Crippen MR) is 129 cm³/mol. The van der Waals surface area contributed by atoms with Crippen molar-refractivity contribution in [1.29, 1.82) is 0 Å². The highest BCUT2D eigenvalue weighted by molar-refractivity contribution is 5.78. The number of hydrogen-bond donors (Lipinski definition) is 4. The van der Waals surface area contributed by atoms with Gasteiger partial charge in [-0.2, -0.15) is 0 Å². The lowest BCUT2D eigenvalue weighted by Gasteiger charge is -2.37. The second kappa shape index (κ2) is 9.41. The van der Waals surface area contributed by atoms with Crippen LogP contribution in [-0.4, -0.2) is 54.2 Å². The fourth-order valence-electron chi connectivity index (χ4n) is 5.70. The Morgan fingerprint density at radius 1 is 1.18 bits per heavy atom. The van der Waals surface area contributed by atoms with Gasteiger partial charge in [0.1, 0.15) is 17.2 Å². The van der Waals surface area contributed by atoms with Gasteiger partial charge in [0, 0.05) is 50.0 Å². The first-order valence-corrected chi connectivity index (χ1v) is 12.0. The molecule has 0 bridgehead atoms. The Labute approximate surface area is 201 Å². The van der Waals surface area contributed by atoms with Crippen molar-refractivity contribution in [2.45, 2.75) is 51.8 Å². The second-order valence-corrected chi connectivity index (χ2v) is 10.2. The van der Waals surface area contributed by atoms with Gasteiger partial charge in [0.2, 0.25) is 11.8 Å². The van der Waals surface area contributed by atoms with E-state index in [4.69, 9.17) is 9.47 Å². The van der Waals surface area contributed by atoms with Gasteiger partial charge in [-0.3, -0.25) is 4.79 Å². The maximum Gasteiger partial charge on any atom is 0.223 e. The number of carbonyl (C=O) groups excluding carboxylic acids is 1. The van der Waals surface area contributed by atoms with E-state index >= 15 is 0 Å². The molecular formula is C26H37N3O5. The summed E-state index contributed by atoms with van der Waals surface area (Å²) in [5.74, 6) is 0.415. The number of fused-ring (bicyclic) bond motifs is 1. The molecule has 34 heavy (non-hydrogen) atoms. The zero-order valence-corrected chi connectivity index (χ0v) is 20.7. The number of methoxy groups -OCH3 is 2. The first-order chi connectivity index (χ1) is 16.1. The summed E-state index contributed by atoms with van der Waals surface area (Å²) in [6, 6.07) is 3.31. The highest BCUT2D eigenvalue weighted by atomic mass is 16.5. The molecule has 3 aliphatic rings. The standard InChI is InChI=1S/C26H37N3O5/c1-15-8-16(2)14-29(13-15)24(31)12-19(25-22(30)10-18(33-4)11-23(25)34-5)17-6-7-20-21(9-17)28-26(3,32)27-20/h7,9-11,15-17,19,27-28,30,32H,6,8,12-14H2,1-5H3. The normalized spacial score (nSPS) is 29.2. The van der Waals surface area contributed by atoms with Crippen molar-refractivity contribution in [2.24, 2.45) is 17.8 Å². The number of phenolic OH excluding ortho intramolecular Hbond substituents is 1. The zero-order valence-electron chi connectivity index (χ0n) is 20.7. The maximum absolute atomic E-state index is 13.6. The lowest BCUT2D eigenvalue weighted by Crippen LogP contribution is -2.44. The summed E-state index contributed by atoms with van der Waals surface area (Å²) in [4.78, 5) is 15.5. The van der Waals surface area contributed by atoms with Crippen LogP contribution in [0.15, 0.2) is 35.7 Å². The molecule has 186 valence electrons. The summed E-state index contributed by atoms with van der Waals surface area (Å²) in [5.41, 5.74) is 2.24. The number of piperidine rings is 1. The van der Waals surface area contributed by atoms with Crippen LogP contribution >= 0.6 is 0 Å². The summed E-state index contributed by atoms with van der Waals surface area (Å²) < 4.78 is 11.0. The molecule has 2 heterocycles. The smallest absolute Gasteiger partial charge is 0.223 e. The molecule has 8 nitrogen and oxygen atoms in total. The summed E-state index contributed by atoms with van der Waals surface area (Å²) in [5, 5.41) is 27.5. The van der Waals surface area contributed by atoms with Crippen molar-refractivity contribution in [3.05, 3.63) is 41.2 Å². The molecular weight excluding hydrogens is 434 g/mol. The first kappa shape index (κ1) is 24.3. The van der Waals surface area contributed by atoms with Gasteiger partial charge in [-0.05, 0) is 30.6 Å². The molecule has 0 saturated carbocycles. The molecule has 0 aromatic heterocycles. The highest BCUT2D eigenvalue weighted by Crippen LogP contribution is 2.46. The van der Waals surface area contributed by atoms with Crippen LogP contribution in [0.2, 0.25) is 0 Å². The molecule has 0 radical (unpaired) electrons. The molecule has 4 N–H and O–H groups in total. The number of allylic oxidation sites excluding steroid dienone is 2. The largest absolute Gasteiger partial charge is 0.507 e. The van der Waals surface area contributed by atoms with Crippen molar-refractivity contribution < 1.29 is 24.5 Å².